The van der Waals surface area contributed by atoms with Crippen molar-refractivity contribution in [2.45, 2.75) is 58.0 Å². The first-order valence-corrected chi connectivity index (χ1v) is 7.76. The van der Waals surface area contributed by atoms with Crippen molar-refractivity contribution in [1.29, 1.82) is 0 Å². The van der Waals surface area contributed by atoms with Crippen LogP contribution in [0.2, 0.25) is 0 Å². The van der Waals surface area contributed by atoms with Gasteiger partial charge in [0, 0.05) is 37.8 Å². The molecule has 2 aliphatic rings. The molecule has 0 unspecified atom stereocenters. The summed E-state index contributed by atoms with van der Waals surface area (Å²) in [5, 5.41) is 3.56. The van der Waals surface area contributed by atoms with Crippen molar-refractivity contribution in [2.24, 2.45) is 0 Å². The second kappa shape index (κ2) is 6.36. The molecule has 3 nitrogen and oxygen atoms in total. The molecular formula is C15H31N3. The maximum absolute atomic E-state index is 3.56. The third kappa shape index (κ3) is 5.25. The molecule has 0 spiro atoms. The lowest BCUT2D eigenvalue weighted by molar-refractivity contribution is 0.125. The summed E-state index contributed by atoms with van der Waals surface area (Å²) in [7, 11) is 0. The molecule has 1 saturated carbocycles. The van der Waals surface area contributed by atoms with Gasteiger partial charge in [0.05, 0.1) is 0 Å². The quantitative estimate of drug-likeness (QED) is 0.730. The van der Waals surface area contributed by atoms with Crippen LogP contribution in [0.1, 0.15) is 46.5 Å². The lowest BCUT2D eigenvalue weighted by Gasteiger charge is -2.34. The first kappa shape index (κ1) is 14.3. The molecular weight excluding hydrogens is 222 g/mol. The van der Waals surface area contributed by atoms with E-state index in [4.69, 9.17) is 0 Å². The maximum atomic E-state index is 3.56. The van der Waals surface area contributed by atoms with Crippen molar-refractivity contribution in [1.82, 2.24) is 15.1 Å². The highest BCUT2D eigenvalue weighted by molar-refractivity contribution is 4.87. The number of rotatable bonds is 6. The van der Waals surface area contributed by atoms with Gasteiger partial charge in [0.15, 0.2) is 0 Å². The van der Waals surface area contributed by atoms with Crippen LogP contribution in [0.15, 0.2) is 0 Å². The minimum atomic E-state index is 0.274. The zero-order valence-corrected chi connectivity index (χ0v) is 12.5. The van der Waals surface area contributed by atoms with E-state index in [0.29, 0.717) is 0 Å². The van der Waals surface area contributed by atoms with Crippen LogP contribution in [0.5, 0.6) is 0 Å². The molecule has 1 aliphatic carbocycles. The molecule has 0 aromatic heterocycles. The Hall–Kier alpha value is -0.120. The Bertz CT molecular complexity index is 235. The summed E-state index contributed by atoms with van der Waals surface area (Å²) in [5.41, 5.74) is 0.274. The summed E-state index contributed by atoms with van der Waals surface area (Å²) < 4.78 is 0. The molecule has 2 fully saturated rings. The van der Waals surface area contributed by atoms with Crippen molar-refractivity contribution in [3.8, 4) is 0 Å². The molecule has 0 bridgehead atoms. The maximum Gasteiger partial charge on any atom is 0.0113 e. The molecule has 1 heterocycles. The number of hydrogen-bond donors (Lipinski definition) is 1. The van der Waals surface area contributed by atoms with Crippen molar-refractivity contribution in [2.75, 3.05) is 39.3 Å². The second-order valence-electron chi connectivity index (χ2n) is 6.99. The summed E-state index contributed by atoms with van der Waals surface area (Å²) in [6, 6.07) is 0.961. The average molecular weight is 253 g/mol. The fourth-order valence-electron chi connectivity index (χ4n) is 2.72. The lowest BCUT2D eigenvalue weighted by Crippen LogP contribution is -2.47. The van der Waals surface area contributed by atoms with E-state index < -0.39 is 0 Å². The topological polar surface area (TPSA) is 18.5 Å². The van der Waals surface area contributed by atoms with Gasteiger partial charge in [-0.15, -0.1) is 0 Å². The van der Waals surface area contributed by atoms with E-state index in [9.17, 15) is 0 Å². The van der Waals surface area contributed by atoms with Crippen LogP contribution in [0.3, 0.4) is 0 Å². The highest BCUT2D eigenvalue weighted by atomic mass is 15.3. The Labute approximate surface area is 113 Å². The molecule has 0 atom stereocenters. The van der Waals surface area contributed by atoms with E-state index in [2.05, 4.69) is 35.9 Å². The van der Waals surface area contributed by atoms with Crippen LogP contribution in [-0.4, -0.2) is 60.6 Å². The third-order valence-corrected chi connectivity index (χ3v) is 4.03. The summed E-state index contributed by atoms with van der Waals surface area (Å²) in [5.74, 6) is 0. The Kier molecular flexibility index (Phi) is 5.05. The Morgan fingerprint density at radius 2 is 1.67 bits per heavy atom. The van der Waals surface area contributed by atoms with Crippen LogP contribution < -0.4 is 5.32 Å². The first-order valence-electron chi connectivity index (χ1n) is 7.76. The normalized spacial score (nSPS) is 23.5. The van der Waals surface area contributed by atoms with Crippen molar-refractivity contribution < 1.29 is 0 Å². The monoisotopic (exact) mass is 253 g/mol. The highest BCUT2D eigenvalue weighted by Crippen LogP contribution is 2.27. The van der Waals surface area contributed by atoms with Gasteiger partial charge in [-0.25, -0.2) is 0 Å². The summed E-state index contributed by atoms with van der Waals surface area (Å²) in [4.78, 5) is 5.34. The molecule has 1 saturated heterocycles. The van der Waals surface area contributed by atoms with Gasteiger partial charge >= 0.3 is 0 Å². The highest BCUT2D eigenvalue weighted by Gasteiger charge is 2.30. The Morgan fingerprint density at radius 1 is 1.00 bits per heavy atom. The molecule has 106 valence electrons. The zero-order chi connectivity index (χ0) is 13.0. The number of nitrogens with zero attached hydrogens (tertiary/aromatic N) is 2. The smallest absolute Gasteiger partial charge is 0.0113 e. The molecule has 0 aromatic carbocycles. The number of piperazine rings is 1. The predicted octanol–water partition coefficient (Wildman–Crippen LogP) is 1.93. The van der Waals surface area contributed by atoms with Gasteiger partial charge in [-0.05, 0) is 59.5 Å². The number of hydrogen-bond acceptors (Lipinski definition) is 3. The average Bonchev–Trinajstić information content (AvgIpc) is 3.12. The van der Waals surface area contributed by atoms with Gasteiger partial charge in [0.1, 0.15) is 0 Å². The molecule has 18 heavy (non-hydrogen) atoms. The van der Waals surface area contributed by atoms with E-state index in [-0.39, 0.29) is 5.54 Å². The molecule has 1 N–H and O–H groups in total. The standard InChI is InChI=1S/C15H31N3/c1-15(2,3)16-8-4-5-9-17-10-12-18(13-11-17)14-6-7-14/h14,16H,4-13H2,1-3H3. The van der Waals surface area contributed by atoms with Crippen LogP contribution in [0.25, 0.3) is 0 Å². The zero-order valence-electron chi connectivity index (χ0n) is 12.5. The van der Waals surface area contributed by atoms with Gasteiger partial charge in [0.2, 0.25) is 0 Å². The molecule has 0 radical (unpaired) electrons. The van der Waals surface area contributed by atoms with Crippen LogP contribution in [0.4, 0.5) is 0 Å². The van der Waals surface area contributed by atoms with E-state index in [1.54, 1.807) is 0 Å². The van der Waals surface area contributed by atoms with Gasteiger partial charge in [-0.3, -0.25) is 4.90 Å². The van der Waals surface area contributed by atoms with Gasteiger partial charge < -0.3 is 10.2 Å². The first-order chi connectivity index (χ1) is 8.54. The fraction of sp³-hybridized carbons (Fsp3) is 1.00. The van der Waals surface area contributed by atoms with Crippen LogP contribution in [0, 0.1) is 0 Å². The SMILES string of the molecule is CC(C)(C)NCCCCN1CCN(C2CC2)CC1. The van der Waals surface area contributed by atoms with Gasteiger partial charge in [-0.1, -0.05) is 0 Å². The summed E-state index contributed by atoms with van der Waals surface area (Å²) >= 11 is 0. The van der Waals surface area contributed by atoms with E-state index in [1.807, 2.05) is 0 Å². The largest absolute Gasteiger partial charge is 0.312 e. The van der Waals surface area contributed by atoms with E-state index in [0.717, 1.165) is 12.6 Å². The van der Waals surface area contributed by atoms with Crippen LogP contribution >= 0.6 is 0 Å². The minimum absolute atomic E-state index is 0.274. The van der Waals surface area contributed by atoms with Gasteiger partial charge in [0.25, 0.3) is 0 Å². The molecule has 1 aliphatic heterocycles. The molecule has 2 rings (SSSR count). The van der Waals surface area contributed by atoms with Crippen molar-refractivity contribution >= 4 is 0 Å². The van der Waals surface area contributed by atoms with Crippen molar-refractivity contribution in [3.63, 3.8) is 0 Å². The fourth-order valence-corrected chi connectivity index (χ4v) is 2.72. The number of nitrogens with one attached hydrogen (secondary N) is 1. The lowest BCUT2D eigenvalue weighted by atomic mass is 10.1. The Balaban J connectivity index is 1.47. The van der Waals surface area contributed by atoms with Crippen LogP contribution in [-0.2, 0) is 0 Å². The van der Waals surface area contributed by atoms with E-state index in [1.165, 1.54) is 58.4 Å². The molecule has 3 heteroatoms. The molecule has 0 amide bonds. The predicted molar refractivity (Wildman–Crippen MR) is 78.0 cm³/mol. The molecule has 0 aromatic rings. The van der Waals surface area contributed by atoms with Gasteiger partial charge in [-0.2, -0.15) is 0 Å². The number of unbranched alkanes of at least 4 members (excludes halogenated alkanes) is 1. The van der Waals surface area contributed by atoms with Crippen molar-refractivity contribution in [3.05, 3.63) is 0 Å². The second-order valence-corrected chi connectivity index (χ2v) is 6.99. The Morgan fingerprint density at radius 3 is 2.22 bits per heavy atom. The summed E-state index contributed by atoms with van der Waals surface area (Å²) in [6.07, 6.45) is 5.56. The third-order valence-electron chi connectivity index (χ3n) is 4.03. The summed E-state index contributed by atoms with van der Waals surface area (Å²) in [6.45, 7) is 14.4. The van der Waals surface area contributed by atoms with E-state index >= 15 is 0 Å². The minimum Gasteiger partial charge on any atom is -0.312 e.